The summed E-state index contributed by atoms with van der Waals surface area (Å²) < 4.78 is 18.5. The lowest BCUT2D eigenvalue weighted by molar-refractivity contribution is -0.129. The van der Waals surface area contributed by atoms with Crippen molar-refractivity contribution in [1.82, 2.24) is 15.1 Å². The van der Waals surface area contributed by atoms with Crippen molar-refractivity contribution in [1.29, 1.82) is 0 Å². The maximum atomic E-state index is 13.1. The highest BCUT2D eigenvalue weighted by atomic mass is 19.1. The quantitative estimate of drug-likeness (QED) is 0.786. The number of hydrogen-bond acceptors (Lipinski definition) is 4. The van der Waals surface area contributed by atoms with Gasteiger partial charge in [0.2, 0.25) is 5.91 Å². The summed E-state index contributed by atoms with van der Waals surface area (Å²) in [6.07, 6.45) is 1.58. The van der Waals surface area contributed by atoms with E-state index in [-0.39, 0.29) is 23.7 Å². The smallest absolute Gasteiger partial charge is 0.251 e. The molecular weight excluding hydrogens is 373 g/mol. The number of halogens is 1. The molecule has 2 amide bonds. The highest BCUT2D eigenvalue weighted by molar-refractivity contribution is 5.94. The van der Waals surface area contributed by atoms with Gasteiger partial charge in [-0.25, -0.2) is 4.39 Å². The predicted molar refractivity (Wildman–Crippen MR) is 107 cm³/mol. The Kier molecular flexibility index (Phi) is 6.15. The lowest BCUT2D eigenvalue weighted by atomic mass is 9.88. The Morgan fingerprint density at radius 1 is 1.21 bits per heavy atom. The number of rotatable bonds is 6. The Balaban J connectivity index is 1.32. The van der Waals surface area contributed by atoms with Crippen molar-refractivity contribution in [2.45, 2.75) is 25.8 Å². The SMILES string of the molecule is C[C@H]1C[C@@H]2[C@@H](CC(=O)N2CCN2CCOCC2)[C@@H]1CNC(=O)c1ccc(F)cc1. The number of carbonyl (C=O) groups is 2. The monoisotopic (exact) mass is 403 g/mol. The molecule has 0 bridgehead atoms. The molecule has 29 heavy (non-hydrogen) atoms. The van der Waals surface area contributed by atoms with Crippen LogP contribution in [0, 0.1) is 23.6 Å². The number of amides is 2. The summed E-state index contributed by atoms with van der Waals surface area (Å²) in [6.45, 7) is 7.87. The largest absolute Gasteiger partial charge is 0.379 e. The van der Waals surface area contributed by atoms with Crippen LogP contribution in [0.5, 0.6) is 0 Å². The summed E-state index contributed by atoms with van der Waals surface area (Å²) in [7, 11) is 0. The third kappa shape index (κ3) is 4.46. The molecule has 1 aromatic rings. The fraction of sp³-hybridized carbons (Fsp3) is 0.636. The van der Waals surface area contributed by atoms with Crippen molar-refractivity contribution in [3.8, 4) is 0 Å². The maximum Gasteiger partial charge on any atom is 0.251 e. The number of nitrogens with zero attached hydrogens (tertiary/aromatic N) is 2. The lowest BCUT2D eigenvalue weighted by Crippen LogP contribution is -2.44. The van der Waals surface area contributed by atoms with Crippen molar-refractivity contribution in [2.75, 3.05) is 45.9 Å². The molecule has 2 aliphatic heterocycles. The van der Waals surface area contributed by atoms with Crippen LogP contribution in [0.3, 0.4) is 0 Å². The van der Waals surface area contributed by atoms with E-state index in [0.717, 1.165) is 45.8 Å². The highest BCUT2D eigenvalue weighted by Crippen LogP contribution is 2.45. The van der Waals surface area contributed by atoms with E-state index in [0.29, 0.717) is 36.3 Å². The van der Waals surface area contributed by atoms with E-state index < -0.39 is 0 Å². The molecule has 0 spiro atoms. The maximum absolute atomic E-state index is 13.1. The molecule has 1 aliphatic carbocycles. The molecule has 2 heterocycles. The number of ether oxygens (including phenoxy) is 1. The van der Waals surface area contributed by atoms with Crippen LogP contribution in [0.1, 0.15) is 30.1 Å². The molecule has 7 heteroatoms. The minimum Gasteiger partial charge on any atom is -0.379 e. The summed E-state index contributed by atoms with van der Waals surface area (Å²) in [5.41, 5.74) is 0.461. The van der Waals surface area contributed by atoms with E-state index in [2.05, 4.69) is 22.0 Å². The van der Waals surface area contributed by atoms with Crippen LogP contribution in [-0.2, 0) is 9.53 Å². The second kappa shape index (κ2) is 8.79. The van der Waals surface area contributed by atoms with E-state index >= 15 is 0 Å². The number of likely N-dealkylation sites (tertiary alicyclic amines) is 1. The van der Waals surface area contributed by atoms with Gasteiger partial charge in [0.05, 0.1) is 13.2 Å². The minimum absolute atomic E-state index is 0.186. The first-order valence-corrected chi connectivity index (χ1v) is 10.7. The average Bonchev–Trinajstić information content (AvgIpc) is 3.18. The molecule has 1 N–H and O–H groups in total. The first kappa shape index (κ1) is 20.3. The van der Waals surface area contributed by atoms with Gasteiger partial charge < -0.3 is 15.0 Å². The molecule has 2 saturated heterocycles. The molecule has 0 unspecified atom stereocenters. The fourth-order valence-corrected chi connectivity index (χ4v) is 5.22. The number of carbonyl (C=O) groups excluding carboxylic acids is 2. The Labute approximate surface area is 171 Å². The Morgan fingerprint density at radius 3 is 2.66 bits per heavy atom. The predicted octanol–water partition coefficient (Wildman–Crippen LogP) is 1.76. The van der Waals surface area contributed by atoms with E-state index in [1.54, 1.807) is 0 Å². The second-order valence-electron chi connectivity index (χ2n) is 8.57. The number of nitrogens with one attached hydrogen (secondary N) is 1. The van der Waals surface area contributed by atoms with Crippen LogP contribution in [0.4, 0.5) is 4.39 Å². The molecule has 6 nitrogen and oxygen atoms in total. The number of hydrogen-bond donors (Lipinski definition) is 1. The van der Waals surface area contributed by atoms with Crippen LogP contribution < -0.4 is 5.32 Å². The van der Waals surface area contributed by atoms with Gasteiger partial charge in [-0.15, -0.1) is 0 Å². The van der Waals surface area contributed by atoms with Crippen LogP contribution in [0.15, 0.2) is 24.3 Å². The fourth-order valence-electron chi connectivity index (χ4n) is 5.22. The first-order chi connectivity index (χ1) is 14.0. The van der Waals surface area contributed by atoms with E-state index in [4.69, 9.17) is 4.74 Å². The standard InChI is InChI=1S/C22H30FN3O3/c1-15-12-20-18(13-21(27)26(20)7-6-25-8-10-29-11-9-25)19(15)14-24-22(28)16-2-4-17(23)5-3-16/h2-5,15,18-20H,6-14H2,1H3,(H,24,28)/t15-,18-,19+,20+/m0/s1. The molecule has 0 aromatic heterocycles. The van der Waals surface area contributed by atoms with Crippen LogP contribution >= 0.6 is 0 Å². The van der Waals surface area contributed by atoms with Crippen LogP contribution in [-0.4, -0.2) is 73.6 Å². The summed E-state index contributed by atoms with van der Waals surface area (Å²) in [6, 6.07) is 5.87. The van der Waals surface area contributed by atoms with Crippen LogP contribution in [0.2, 0.25) is 0 Å². The molecule has 1 aromatic carbocycles. The van der Waals surface area contributed by atoms with Gasteiger partial charge in [0.25, 0.3) is 5.91 Å². The van der Waals surface area contributed by atoms with Gasteiger partial charge in [-0.05, 0) is 48.4 Å². The Hall–Kier alpha value is -1.99. The van der Waals surface area contributed by atoms with Gasteiger partial charge >= 0.3 is 0 Å². The number of fused-ring (bicyclic) bond motifs is 1. The average molecular weight is 403 g/mol. The van der Waals surface area contributed by atoms with Crippen LogP contribution in [0.25, 0.3) is 0 Å². The zero-order valence-electron chi connectivity index (χ0n) is 17.0. The molecule has 3 fully saturated rings. The van der Waals surface area contributed by atoms with Gasteiger partial charge in [0.15, 0.2) is 0 Å². The zero-order valence-corrected chi connectivity index (χ0v) is 17.0. The topological polar surface area (TPSA) is 61.9 Å². The molecule has 0 radical (unpaired) electrons. The molecule has 158 valence electrons. The minimum atomic E-state index is -0.351. The number of benzene rings is 1. The third-order valence-corrected chi connectivity index (χ3v) is 6.88. The van der Waals surface area contributed by atoms with E-state index in [1.807, 2.05) is 0 Å². The zero-order chi connectivity index (χ0) is 20.4. The Bertz CT molecular complexity index is 735. The first-order valence-electron chi connectivity index (χ1n) is 10.7. The van der Waals surface area contributed by atoms with Crippen molar-refractivity contribution in [3.63, 3.8) is 0 Å². The summed E-state index contributed by atoms with van der Waals surface area (Å²) >= 11 is 0. The van der Waals surface area contributed by atoms with E-state index in [1.165, 1.54) is 24.3 Å². The second-order valence-corrected chi connectivity index (χ2v) is 8.57. The molecule has 4 rings (SSSR count). The highest BCUT2D eigenvalue weighted by Gasteiger charge is 2.50. The lowest BCUT2D eigenvalue weighted by Gasteiger charge is -2.31. The normalized spacial score (nSPS) is 29.9. The molecule has 3 aliphatic rings. The van der Waals surface area contributed by atoms with Gasteiger partial charge in [-0.1, -0.05) is 6.92 Å². The van der Waals surface area contributed by atoms with Crippen molar-refractivity contribution >= 4 is 11.8 Å². The molecule has 1 saturated carbocycles. The summed E-state index contributed by atoms with van der Waals surface area (Å²) in [5.74, 6) is 0.759. The number of morpholine rings is 1. The molecular formula is C22H30FN3O3. The Morgan fingerprint density at radius 2 is 1.93 bits per heavy atom. The van der Waals surface area contributed by atoms with Crippen molar-refractivity contribution in [3.05, 3.63) is 35.6 Å². The summed E-state index contributed by atoms with van der Waals surface area (Å²) in [4.78, 5) is 29.5. The van der Waals surface area contributed by atoms with Crippen molar-refractivity contribution in [2.24, 2.45) is 17.8 Å². The van der Waals surface area contributed by atoms with E-state index in [9.17, 15) is 14.0 Å². The third-order valence-electron chi connectivity index (χ3n) is 6.88. The van der Waals surface area contributed by atoms with Gasteiger partial charge in [-0.3, -0.25) is 14.5 Å². The van der Waals surface area contributed by atoms with Gasteiger partial charge in [-0.2, -0.15) is 0 Å². The summed E-state index contributed by atoms with van der Waals surface area (Å²) in [5, 5.41) is 3.00. The molecule has 4 atom stereocenters. The van der Waals surface area contributed by atoms with Crippen molar-refractivity contribution < 1.29 is 18.7 Å². The van der Waals surface area contributed by atoms with Gasteiger partial charge in [0.1, 0.15) is 5.82 Å². The van der Waals surface area contributed by atoms with Gasteiger partial charge in [0, 0.05) is 50.7 Å².